The van der Waals surface area contributed by atoms with E-state index in [0.29, 0.717) is 5.57 Å². The lowest BCUT2D eigenvalue weighted by molar-refractivity contribution is -0.124. The number of amides is 2. The molecule has 1 N–H and O–H groups in total. The third kappa shape index (κ3) is 2.17. The summed E-state index contributed by atoms with van der Waals surface area (Å²) in [5.41, 5.74) is 1.83. The molecule has 1 saturated heterocycles. The molecule has 1 heterocycles. The van der Waals surface area contributed by atoms with Gasteiger partial charge in [-0.15, -0.1) is 0 Å². The van der Waals surface area contributed by atoms with Crippen molar-refractivity contribution in [2.24, 2.45) is 0 Å². The summed E-state index contributed by atoms with van der Waals surface area (Å²) < 4.78 is 0. The first-order valence-electron chi connectivity index (χ1n) is 4.74. The highest BCUT2D eigenvalue weighted by Gasteiger charge is 2.25. The van der Waals surface area contributed by atoms with Gasteiger partial charge in [0.05, 0.1) is 6.42 Å². The van der Waals surface area contributed by atoms with Crippen LogP contribution < -0.4 is 5.32 Å². The predicted octanol–water partition coefficient (Wildman–Crippen LogP) is 1.54. The molecule has 1 fully saturated rings. The summed E-state index contributed by atoms with van der Waals surface area (Å²) in [4.78, 5) is 22.2. The van der Waals surface area contributed by atoms with Gasteiger partial charge in [-0.1, -0.05) is 25.8 Å². The second-order valence-corrected chi connectivity index (χ2v) is 3.24. The fourth-order valence-corrected chi connectivity index (χ4v) is 1.62. The molecule has 0 aromatic rings. The van der Waals surface area contributed by atoms with Crippen LogP contribution in [0.2, 0.25) is 0 Å². The van der Waals surface area contributed by atoms with Crippen molar-refractivity contribution in [3.05, 3.63) is 11.1 Å². The predicted molar refractivity (Wildman–Crippen MR) is 50.0 cm³/mol. The molecule has 3 nitrogen and oxygen atoms in total. The van der Waals surface area contributed by atoms with Crippen LogP contribution in [-0.2, 0) is 9.59 Å². The van der Waals surface area contributed by atoms with Crippen molar-refractivity contribution in [2.45, 2.75) is 39.5 Å². The molecule has 0 aromatic carbocycles. The van der Waals surface area contributed by atoms with Gasteiger partial charge in [0.25, 0.3) is 5.91 Å². The summed E-state index contributed by atoms with van der Waals surface area (Å²) >= 11 is 0. The standard InChI is InChI=1S/C10H15NO2/c1-3-5-7(4-2)8-6-9(12)11-10(8)13/h3-6H2,1-2H3,(H,11,12,13). The Morgan fingerprint density at radius 2 is 2.08 bits per heavy atom. The van der Waals surface area contributed by atoms with Crippen LogP contribution in [-0.4, -0.2) is 11.8 Å². The average molecular weight is 181 g/mol. The zero-order chi connectivity index (χ0) is 9.84. The van der Waals surface area contributed by atoms with Crippen LogP contribution in [0.5, 0.6) is 0 Å². The molecule has 1 rings (SSSR count). The Bertz CT molecular complexity index is 266. The maximum absolute atomic E-state index is 11.3. The highest BCUT2D eigenvalue weighted by Crippen LogP contribution is 2.21. The molecule has 0 aliphatic carbocycles. The first-order valence-corrected chi connectivity index (χ1v) is 4.74. The van der Waals surface area contributed by atoms with Crippen LogP contribution in [0.3, 0.4) is 0 Å². The second-order valence-electron chi connectivity index (χ2n) is 3.24. The molecule has 0 radical (unpaired) electrons. The lowest BCUT2D eigenvalue weighted by Gasteiger charge is -2.04. The number of rotatable bonds is 3. The minimum absolute atomic E-state index is 0.165. The van der Waals surface area contributed by atoms with Gasteiger partial charge in [-0.2, -0.15) is 0 Å². The van der Waals surface area contributed by atoms with E-state index in [9.17, 15) is 9.59 Å². The first-order chi connectivity index (χ1) is 6.19. The number of imide groups is 1. The lowest BCUT2D eigenvalue weighted by atomic mass is 10.00. The molecule has 0 unspecified atom stereocenters. The molecule has 0 saturated carbocycles. The monoisotopic (exact) mass is 181 g/mol. The summed E-state index contributed by atoms with van der Waals surface area (Å²) in [6.07, 6.45) is 3.09. The highest BCUT2D eigenvalue weighted by molar-refractivity contribution is 6.13. The van der Waals surface area contributed by atoms with Gasteiger partial charge in [-0.25, -0.2) is 0 Å². The number of hydrogen-bond acceptors (Lipinski definition) is 2. The van der Waals surface area contributed by atoms with Gasteiger partial charge in [0, 0.05) is 5.57 Å². The normalized spacial score (nSPS) is 20.5. The van der Waals surface area contributed by atoms with Crippen molar-refractivity contribution in [1.29, 1.82) is 0 Å². The van der Waals surface area contributed by atoms with Gasteiger partial charge in [-0.3, -0.25) is 14.9 Å². The van der Waals surface area contributed by atoms with Crippen LogP contribution in [0.15, 0.2) is 11.1 Å². The Balaban J connectivity index is 2.87. The van der Waals surface area contributed by atoms with Crippen molar-refractivity contribution in [3.8, 4) is 0 Å². The molecule has 0 bridgehead atoms. The number of carbonyl (C=O) groups excluding carboxylic acids is 2. The van der Waals surface area contributed by atoms with Gasteiger partial charge in [0.2, 0.25) is 5.91 Å². The third-order valence-electron chi connectivity index (χ3n) is 2.27. The Kier molecular flexibility index (Phi) is 3.23. The van der Waals surface area contributed by atoms with E-state index in [-0.39, 0.29) is 18.2 Å². The van der Waals surface area contributed by atoms with E-state index in [1.54, 1.807) is 0 Å². The molecule has 3 heteroatoms. The number of carbonyl (C=O) groups is 2. The van der Waals surface area contributed by atoms with E-state index in [2.05, 4.69) is 12.2 Å². The number of nitrogens with one attached hydrogen (secondary N) is 1. The minimum atomic E-state index is -0.185. The van der Waals surface area contributed by atoms with E-state index in [0.717, 1.165) is 24.8 Å². The van der Waals surface area contributed by atoms with E-state index in [4.69, 9.17) is 0 Å². The summed E-state index contributed by atoms with van der Waals surface area (Å²) in [6.45, 7) is 4.10. The largest absolute Gasteiger partial charge is 0.292 e. The van der Waals surface area contributed by atoms with Crippen molar-refractivity contribution in [3.63, 3.8) is 0 Å². The van der Waals surface area contributed by atoms with E-state index in [1.807, 2.05) is 6.92 Å². The fourth-order valence-electron chi connectivity index (χ4n) is 1.62. The summed E-state index contributed by atoms with van der Waals surface area (Å²) in [7, 11) is 0. The average Bonchev–Trinajstić information content (AvgIpc) is 2.41. The maximum Gasteiger partial charge on any atom is 0.254 e. The van der Waals surface area contributed by atoms with Crippen LogP contribution in [0.4, 0.5) is 0 Å². The Hall–Kier alpha value is -1.12. The summed E-state index contributed by atoms with van der Waals surface area (Å²) in [5, 5.41) is 2.30. The highest BCUT2D eigenvalue weighted by atomic mass is 16.2. The Labute approximate surface area is 78.2 Å². The molecular formula is C10H15NO2. The van der Waals surface area contributed by atoms with Crippen molar-refractivity contribution in [2.75, 3.05) is 0 Å². The number of allylic oxidation sites excluding steroid dienone is 1. The zero-order valence-corrected chi connectivity index (χ0v) is 8.14. The van der Waals surface area contributed by atoms with Gasteiger partial charge < -0.3 is 0 Å². The quantitative estimate of drug-likeness (QED) is 0.530. The SMILES string of the molecule is CCCC(CC)=C1CC(=O)NC1=O. The third-order valence-corrected chi connectivity index (χ3v) is 2.27. The number of hydrogen-bond donors (Lipinski definition) is 1. The van der Waals surface area contributed by atoms with Crippen molar-refractivity contribution in [1.82, 2.24) is 5.32 Å². The second kappa shape index (κ2) is 4.21. The topological polar surface area (TPSA) is 46.2 Å². The van der Waals surface area contributed by atoms with Gasteiger partial charge in [-0.05, 0) is 12.8 Å². The molecule has 72 valence electrons. The molecule has 13 heavy (non-hydrogen) atoms. The van der Waals surface area contributed by atoms with Crippen LogP contribution in [0.25, 0.3) is 0 Å². The molecule has 1 aliphatic rings. The molecule has 0 atom stereocenters. The zero-order valence-electron chi connectivity index (χ0n) is 8.14. The smallest absolute Gasteiger partial charge is 0.254 e. The lowest BCUT2D eigenvalue weighted by Crippen LogP contribution is -2.19. The maximum atomic E-state index is 11.3. The molecular weight excluding hydrogens is 166 g/mol. The van der Waals surface area contributed by atoms with Crippen LogP contribution >= 0.6 is 0 Å². The molecule has 0 spiro atoms. The van der Waals surface area contributed by atoms with E-state index >= 15 is 0 Å². The van der Waals surface area contributed by atoms with Crippen LogP contribution in [0, 0.1) is 0 Å². The Morgan fingerprint density at radius 3 is 2.46 bits per heavy atom. The van der Waals surface area contributed by atoms with Crippen molar-refractivity contribution >= 4 is 11.8 Å². The van der Waals surface area contributed by atoms with E-state index in [1.165, 1.54) is 0 Å². The van der Waals surface area contributed by atoms with Crippen LogP contribution in [0.1, 0.15) is 39.5 Å². The molecule has 1 aliphatic heterocycles. The molecule has 0 aromatic heterocycles. The first kappa shape index (κ1) is 9.96. The van der Waals surface area contributed by atoms with Gasteiger partial charge in [0.1, 0.15) is 0 Å². The summed E-state index contributed by atoms with van der Waals surface area (Å²) in [6, 6.07) is 0. The minimum Gasteiger partial charge on any atom is -0.292 e. The van der Waals surface area contributed by atoms with E-state index < -0.39 is 0 Å². The molecule has 2 amide bonds. The van der Waals surface area contributed by atoms with Gasteiger partial charge >= 0.3 is 0 Å². The fraction of sp³-hybridized carbons (Fsp3) is 0.600. The van der Waals surface area contributed by atoms with Crippen molar-refractivity contribution < 1.29 is 9.59 Å². The summed E-state index contributed by atoms with van der Waals surface area (Å²) in [5.74, 6) is -0.350. The van der Waals surface area contributed by atoms with Gasteiger partial charge in [0.15, 0.2) is 0 Å². The Morgan fingerprint density at radius 1 is 1.38 bits per heavy atom.